The van der Waals surface area contributed by atoms with Gasteiger partial charge in [-0.15, -0.1) is 0 Å². The predicted octanol–water partition coefficient (Wildman–Crippen LogP) is -0.360. The molecule has 2 amide bonds. The van der Waals surface area contributed by atoms with Crippen LogP contribution in [0.1, 0.15) is 0 Å². The van der Waals surface area contributed by atoms with Gasteiger partial charge < -0.3 is 10.6 Å². The molecule has 0 radical (unpaired) electrons. The van der Waals surface area contributed by atoms with Crippen molar-refractivity contribution in [3.05, 3.63) is 28.3 Å². The molecule has 1 aromatic carbocycles. The molecular weight excluding hydrogens is 240 g/mol. The number of amides is 2. The maximum Gasteiger partial charge on any atom is 0.315 e. The summed E-state index contributed by atoms with van der Waals surface area (Å²) in [5.74, 6) is -0.994. The summed E-state index contributed by atoms with van der Waals surface area (Å²) in [6.07, 6.45) is 0. The zero-order chi connectivity index (χ0) is 13.3. The molecule has 3 N–H and O–H groups in total. The number of rotatable bonds is 2. The second-order valence-electron chi connectivity index (χ2n) is 3.80. The Morgan fingerprint density at radius 3 is 2.44 bits per heavy atom. The van der Waals surface area contributed by atoms with Crippen LogP contribution in [0.3, 0.4) is 0 Å². The number of nitrogens with one attached hydrogen (secondary N) is 1. The van der Waals surface area contributed by atoms with Gasteiger partial charge in [-0.3, -0.25) is 25.0 Å². The van der Waals surface area contributed by atoms with Gasteiger partial charge in [-0.1, -0.05) is 6.07 Å². The van der Waals surface area contributed by atoms with E-state index in [0.717, 1.165) is 0 Å². The van der Waals surface area contributed by atoms with Crippen molar-refractivity contribution in [2.45, 2.75) is 0 Å². The van der Waals surface area contributed by atoms with Crippen LogP contribution in [0.15, 0.2) is 18.2 Å². The third-order valence-electron chi connectivity index (χ3n) is 2.52. The fourth-order valence-electron chi connectivity index (χ4n) is 1.81. The minimum Gasteiger partial charge on any atom is -0.393 e. The molecule has 1 aliphatic heterocycles. The van der Waals surface area contributed by atoms with Crippen molar-refractivity contribution in [3.63, 3.8) is 0 Å². The number of carbonyl (C=O) groups is 2. The van der Waals surface area contributed by atoms with Gasteiger partial charge in [-0.05, 0) is 12.1 Å². The first-order chi connectivity index (χ1) is 8.49. The maximum absolute atomic E-state index is 11.2. The van der Waals surface area contributed by atoms with Crippen LogP contribution in [-0.4, -0.2) is 29.8 Å². The molecule has 0 aliphatic carbocycles. The summed E-state index contributed by atoms with van der Waals surface area (Å²) in [7, 11) is 0. The Hall–Kier alpha value is -2.64. The average Bonchev–Trinajstić information content (AvgIpc) is 2.26. The van der Waals surface area contributed by atoms with Crippen LogP contribution in [0.4, 0.5) is 17.1 Å². The molecule has 1 saturated heterocycles. The summed E-state index contributed by atoms with van der Waals surface area (Å²) in [5, 5.41) is 13.1. The Labute approximate surface area is 102 Å². The topological polar surface area (TPSA) is 119 Å². The van der Waals surface area contributed by atoms with Crippen molar-refractivity contribution in [1.82, 2.24) is 5.32 Å². The normalized spacial score (nSPS) is 15.4. The van der Waals surface area contributed by atoms with Crippen molar-refractivity contribution in [2.75, 3.05) is 23.7 Å². The molecule has 0 spiro atoms. The molecule has 0 bridgehead atoms. The molecular formula is C10H10N4O4. The van der Waals surface area contributed by atoms with E-state index in [4.69, 9.17) is 5.73 Å². The standard InChI is InChI=1S/C10H10N4O4/c11-6-2-1-3-7(10(6)14(17)18)13-4-8(15)12-9(16)5-13/h1-3H,4-5,11H2,(H,12,15,16). The minimum atomic E-state index is -0.623. The van der Waals surface area contributed by atoms with Gasteiger partial charge in [-0.2, -0.15) is 0 Å². The molecule has 1 aliphatic rings. The van der Waals surface area contributed by atoms with Crippen LogP contribution in [0.2, 0.25) is 0 Å². The number of para-hydroxylation sites is 1. The SMILES string of the molecule is Nc1cccc(N2CC(=O)NC(=O)C2)c1[N+](=O)[O-]. The van der Waals surface area contributed by atoms with E-state index in [2.05, 4.69) is 5.32 Å². The number of nitrogens with zero attached hydrogens (tertiary/aromatic N) is 2. The Bertz CT molecular complexity index is 527. The number of benzene rings is 1. The molecule has 8 nitrogen and oxygen atoms in total. The van der Waals surface area contributed by atoms with Crippen LogP contribution < -0.4 is 16.0 Å². The third kappa shape index (κ3) is 2.08. The fourth-order valence-corrected chi connectivity index (χ4v) is 1.81. The smallest absolute Gasteiger partial charge is 0.315 e. The Morgan fingerprint density at radius 1 is 1.28 bits per heavy atom. The van der Waals surface area contributed by atoms with E-state index in [1.807, 2.05) is 0 Å². The lowest BCUT2D eigenvalue weighted by molar-refractivity contribution is -0.383. The van der Waals surface area contributed by atoms with E-state index < -0.39 is 16.7 Å². The maximum atomic E-state index is 11.2. The lowest BCUT2D eigenvalue weighted by Gasteiger charge is -2.27. The van der Waals surface area contributed by atoms with Crippen LogP contribution >= 0.6 is 0 Å². The van der Waals surface area contributed by atoms with Crippen LogP contribution in [0.25, 0.3) is 0 Å². The summed E-state index contributed by atoms with van der Waals surface area (Å²) in [4.78, 5) is 34.2. The van der Waals surface area contributed by atoms with Gasteiger partial charge in [0, 0.05) is 0 Å². The first-order valence-electron chi connectivity index (χ1n) is 5.09. The molecule has 1 aromatic rings. The number of nitro benzene ring substituents is 1. The molecule has 94 valence electrons. The first kappa shape index (κ1) is 11.8. The largest absolute Gasteiger partial charge is 0.393 e. The Morgan fingerprint density at radius 2 is 1.89 bits per heavy atom. The van der Waals surface area contributed by atoms with Crippen molar-refractivity contribution < 1.29 is 14.5 Å². The second kappa shape index (κ2) is 4.32. The molecule has 0 unspecified atom stereocenters. The van der Waals surface area contributed by atoms with Gasteiger partial charge in [0.25, 0.3) is 0 Å². The molecule has 1 fully saturated rings. The monoisotopic (exact) mass is 250 g/mol. The highest BCUT2D eigenvalue weighted by Gasteiger charge is 2.28. The predicted molar refractivity (Wildman–Crippen MR) is 62.9 cm³/mol. The molecule has 2 rings (SSSR count). The van der Waals surface area contributed by atoms with E-state index in [0.29, 0.717) is 0 Å². The molecule has 0 atom stereocenters. The Balaban J connectivity index is 2.44. The molecule has 1 heterocycles. The quantitative estimate of drug-likeness (QED) is 0.320. The number of nitro groups is 1. The highest BCUT2D eigenvalue weighted by Crippen LogP contribution is 2.33. The lowest BCUT2D eigenvalue weighted by Crippen LogP contribution is -2.51. The van der Waals surface area contributed by atoms with E-state index >= 15 is 0 Å². The van der Waals surface area contributed by atoms with Gasteiger partial charge in [0.15, 0.2) is 0 Å². The number of nitrogen functional groups attached to an aromatic ring is 1. The molecule has 0 saturated carbocycles. The zero-order valence-corrected chi connectivity index (χ0v) is 9.25. The summed E-state index contributed by atoms with van der Waals surface area (Å²) >= 11 is 0. The Kier molecular flexibility index (Phi) is 2.84. The van der Waals surface area contributed by atoms with E-state index in [9.17, 15) is 19.7 Å². The average molecular weight is 250 g/mol. The van der Waals surface area contributed by atoms with Gasteiger partial charge in [-0.25, -0.2) is 0 Å². The number of hydrogen-bond donors (Lipinski definition) is 2. The van der Waals surface area contributed by atoms with Crippen LogP contribution in [0, 0.1) is 10.1 Å². The van der Waals surface area contributed by atoms with Crippen LogP contribution in [-0.2, 0) is 9.59 Å². The highest BCUT2D eigenvalue weighted by atomic mass is 16.6. The number of imide groups is 1. The summed E-state index contributed by atoms with van der Waals surface area (Å²) in [6, 6.07) is 4.39. The summed E-state index contributed by atoms with van der Waals surface area (Å²) in [6.45, 7) is -0.230. The number of anilines is 2. The number of piperazine rings is 1. The number of carbonyl (C=O) groups excluding carboxylic acids is 2. The van der Waals surface area contributed by atoms with Crippen molar-refractivity contribution in [2.24, 2.45) is 0 Å². The minimum absolute atomic E-state index is 0.00377. The van der Waals surface area contributed by atoms with E-state index in [1.165, 1.54) is 23.1 Å². The van der Waals surface area contributed by atoms with Crippen molar-refractivity contribution in [1.29, 1.82) is 0 Å². The first-order valence-corrected chi connectivity index (χ1v) is 5.09. The van der Waals surface area contributed by atoms with Crippen LogP contribution in [0.5, 0.6) is 0 Å². The molecule has 0 aromatic heterocycles. The second-order valence-corrected chi connectivity index (χ2v) is 3.80. The summed E-state index contributed by atoms with van der Waals surface area (Å²) < 4.78 is 0. The number of nitrogens with two attached hydrogens (primary N) is 1. The van der Waals surface area contributed by atoms with Gasteiger partial charge in [0.1, 0.15) is 11.4 Å². The summed E-state index contributed by atoms with van der Waals surface area (Å²) in [5.41, 5.74) is 5.42. The highest BCUT2D eigenvalue weighted by molar-refractivity contribution is 6.03. The van der Waals surface area contributed by atoms with Gasteiger partial charge in [0.2, 0.25) is 11.8 Å². The number of hydrogen-bond acceptors (Lipinski definition) is 6. The lowest BCUT2D eigenvalue weighted by atomic mass is 10.2. The van der Waals surface area contributed by atoms with Gasteiger partial charge >= 0.3 is 5.69 Å². The molecule has 18 heavy (non-hydrogen) atoms. The van der Waals surface area contributed by atoms with Crippen molar-refractivity contribution >= 4 is 28.9 Å². The zero-order valence-electron chi connectivity index (χ0n) is 9.25. The molecule has 8 heteroatoms. The van der Waals surface area contributed by atoms with E-state index in [1.54, 1.807) is 0 Å². The fraction of sp³-hybridized carbons (Fsp3) is 0.200. The van der Waals surface area contributed by atoms with Gasteiger partial charge in [0.05, 0.1) is 18.0 Å². The third-order valence-corrected chi connectivity index (χ3v) is 2.52. The van der Waals surface area contributed by atoms with E-state index in [-0.39, 0.29) is 30.2 Å². The van der Waals surface area contributed by atoms with Crippen molar-refractivity contribution in [3.8, 4) is 0 Å².